The molecule has 0 aliphatic heterocycles. The van der Waals surface area contributed by atoms with Crippen LogP contribution in [-0.2, 0) is 9.59 Å². The molecule has 160 valence electrons. The predicted octanol–water partition coefficient (Wildman–Crippen LogP) is 5.67. The number of nitrogens with zero attached hydrogens (tertiary/aromatic N) is 1. The molecule has 3 rings (SSSR count). The molecule has 2 N–H and O–H groups in total. The molecule has 0 radical (unpaired) electrons. The summed E-state index contributed by atoms with van der Waals surface area (Å²) >= 11 is 9.22. The van der Waals surface area contributed by atoms with Gasteiger partial charge in [0.2, 0.25) is 0 Å². The Morgan fingerprint density at radius 1 is 1.00 bits per heavy atom. The number of amides is 2. The van der Waals surface area contributed by atoms with Crippen molar-refractivity contribution in [2.45, 2.75) is 0 Å². The minimum Gasteiger partial charge on any atom is -0.484 e. The molecule has 0 fully saturated rings. The molecule has 0 spiro atoms. The second kappa shape index (κ2) is 11.1. The van der Waals surface area contributed by atoms with Gasteiger partial charge < -0.3 is 15.4 Å². The molecule has 3 aromatic rings. The lowest BCUT2D eigenvalue weighted by Crippen LogP contribution is -2.20. The van der Waals surface area contributed by atoms with Crippen LogP contribution in [0.5, 0.6) is 5.75 Å². The van der Waals surface area contributed by atoms with Crippen LogP contribution < -0.4 is 15.4 Å². The van der Waals surface area contributed by atoms with E-state index in [0.717, 1.165) is 4.47 Å². The smallest absolute Gasteiger partial charge is 0.266 e. The van der Waals surface area contributed by atoms with Gasteiger partial charge in [0.05, 0.1) is 0 Å². The Morgan fingerprint density at radius 2 is 1.72 bits per heavy atom. The summed E-state index contributed by atoms with van der Waals surface area (Å²) in [6, 6.07) is 22.4. The van der Waals surface area contributed by atoms with E-state index in [1.54, 1.807) is 72.8 Å². The summed E-state index contributed by atoms with van der Waals surface area (Å²) in [4.78, 5) is 24.4. The number of hydrogen-bond donors (Lipinski definition) is 2. The molecule has 0 atom stereocenters. The maximum absolute atomic E-state index is 12.4. The number of ether oxygens (including phenoxy) is 1. The summed E-state index contributed by atoms with van der Waals surface area (Å²) in [7, 11) is 0. The van der Waals surface area contributed by atoms with Crippen molar-refractivity contribution in [3.8, 4) is 11.8 Å². The molecule has 3 aromatic carbocycles. The first-order valence-corrected chi connectivity index (χ1v) is 10.6. The molecule has 32 heavy (non-hydrogen) atoms. The van der Waals surface area contributed by atoms with Gasteiger partial charge >= 0.3 is 0 Å². The number of hydrogen-bond acceptors (Lipinski definition) is 4. The van der Waals surface area contributed by atoms with E-state index in [-0.39, 0.29) is 18.1 Å². The summed E-state index contributed by atoms with van der Waals surface area (Å²) in [6.45, 7) is -0.180. The quantitative estimate of drug-likeness (QED) is 0.317. The van der Waals surface area contributed by atoms with Gasteiger partial charge in [-0.2, -0.15) is 5.26 Å². The fraction of sp³-hybridized carbons (Fsp3) is 0.0417. The molecule has 0 saturated carbocycles. The third kappa shape index (κ3) is 6.98. The summed E-state index contributed by atoms with van der Waals surface area (Å²) < 4.78 is 6.36. The highest BCUT2D eigenvalue weighted by Gasteiger charge is 2.10. The number of nitrogens with one attached hydrogen (secondary N) is 2. The SMILES string of the molecule is N#C/C(=C/c1ccc(OCC(=O)Nc2cccc(Cl)c2)cc1)C(=O)Nc1ccc(Br)cc1. The maximum atomic E-state index is 12.4. The van der Waals surface area contributed by atoms with Crippen molar-refractivity contribution in [1.29, 1.82) is 5.26 Å². The van der Waals surface area contributed by atoms with Gasteiger partial charge in [0, 0.05) is 20.9 Å². The van der Waals surface area contributed by atoms with E-state index in [4.69, 9.17) is 16.3 Å². The van der Waals surface area contributed by atoms with Gasteiger partial charge in [0.1, 0.15) is 17.4 Å². The third-order valence-corrected chi connectivity index (χ3v) is 4.90. The minimum atomic E-state index is -0.507. The third-order valence-electron chi connectivity index (χ3n) is 4.14. The van der Waals surface area contributed by atoms with Gasteiger partial charge in [-0.15, -0.1) is 0 Å². The van der Waals surface area contributed by atoms with Crippen LogP contribution in [0.2, 0.25) is 5.02 Å². The molecular formula is C24H17BrClN3O3. The first kappa shape index (κ1) is 23.1. The van der Waals surface area contributed by atoms with Crippen LogP contribution in [0.15, 0.2) is 82.8 Å². The normalized spacial score (nSPS) is 10.7. The van der Waals surface area contributed by atoms with Crippen molar-refractivity contribution in [1.82, 2.24) is 0 Å². The van der Waals surface area contributed by atoms with Crippen LogP contribution in [0.3, 0.4) is 0 Å². The van der Waals surface area contributed by atoms with Crippen molar-refractivity contribution in [2.75, 3.05) is 17.2 Å². The molecule has 0 bridgehead atoms. The number of halogens is 2. The molecule has 0 aromatic heterocycles. The van der Waals surface area contributed by atoms with Crippen LogP contribution in [0, 0.1) is 11.3 Å². The molecule has 0 aliphatic rings. The fourth-order valence-electron chi connectivity index (χ4n) is 2.62. The average Bonchev–Trinajstić information content (AvgIpc) is 2.78. The maximum Gasteiger partial charge on any atom is 0.266 e. The van der Waals surface area contributed by atoms with Crippen LogP contribution in [0.1, 0.15) is 5.56 Å². The minimum absolute atomic E-state index is 0.0394. The van der Waals surface area contributed by atoms with Crippen molar-refractivity contribution in [2.24, 2.45) is 0 Å². The second-order valence-electron chi connectivity index (χ2n) is 6.55. The largest absolute Gasteiger partial charge is 0.484 e. The van der Waals surface area contributed by atoms with E-state index in [9.17, 15) is 14.9 Å². The lowest BCUT2D eigenvalue weighted by atomic mass is 10.1. The van der Waals surface area contributed by atoms with E-state index >= 15 is 0 Å². The van der Waals surface area contributed by atoms with Crippen LogP contribution >= 0.6 is 27.5 Å². The zero-order valence-electron chi connectivity index (χ0n) is 16.6. The van der Waals surface area contributed by atoms with E-state index in [1.165, 1.54) is 6.08 Å². The lowest BCUT2D eigenvalue weighted by molar-refractivity contribution is -0.118. The summed E-state index contributed by atoms with van der Waals surface area (Å²) in [5.74, 6) is -0.360. The second-order valence-corrected chi connectivity index (χ2v) is 7.90. The standard InChI is InChI=1S/C24H17BrClN3O3/c25-18-6-8-20(9-7-18)29-24(31)17(14-27)12-16-4-10-22(11-5-16)32-15-23(30)28-21-3-1-2-19(26)13-21/h1-13H,15H2,(H,28,30)(H,29,31)/b17-12-. The number of nitriles is 1. The van der Waals surface area contributed by atoms with Gasteiger partial charge in [0.15, 0.2) is 6.61 Å². The molecule has 0 saturated heterocycles. The monoisotopic (exact) mass is 509 g/mol. The highest BCUT2D eigenvalue weighted by atomic mass is 79.9. The zero-order chi connectivity index (χ0) is 22.9. The average molecular weight is 511 g/mol. The van der Waals surface area contributed by atoms with Crippen LogP contribution in [-0.4, -0.2) is 18.4 Å². The first-order chi connectivity index (χ1) is 15.4. The van der Waals surface area contributed by atoms with Crippen molar-refractivity contribution in [3.05, 3.63) is 93.4 Å². The number of rotatable bonds is 7. The predicted molar refractivity (Wildman–Crippen MR) is 128 cm³/mol. The van der Waals surface area contributed by atoms with E-state index in [2.05, 4.69) is 26.6 Å². The molecule has 0 aliphatic carbocycles. The van der Waals surface area contributed by atoms with Crippen LogP contribution in [0.4, 0.5) is 11.4 Å². The van der Waals surface area contributed by atoms with Crippen molar-refractivity contribution in [3.63, 3.8) is 0 Å². The fourth-order valence-corrected chi connectivity index (χ4v) is 3.07. The number of anilines is 2. The Morgan fingerprint density at radius 3 is 2.38 bits per heavy atom. The summed E-state index contributed by atoms with van der Waals surface area (Å²) in [6.07, 6.45) is 1.48. The first-order valence-electron chi connectivity index (χ1n) is 9.40. The van der Waals surface area contributed by atoms with Crippen molar-refractivity contribution < 1.29 is 14.3 Å². The van der Waals surface area contributed by atoms with Gasteiger partial charge in [-0.1, -0.05) is 45.7 Å². The Balaban J connectivity index is 1.57. The Hall–Kier alpha value is -3.60. The van der Waals surface area contributed by atoms with Gasteiger partial charge in [-0.05, 0) is 66.2 Å². The van der Waals surface area contributed by atoms with E-state index in [1.807, 2.05) is 6.07 Å². The lowest BCUT2D eigenvalue weighted by Gasteiger charge is -2.08. The van der Waals surface area contributed by atoms with Gasteiger partial charge in [-0.25, -0.2) is 0 Å². The Labute approximate surface area is 198 Å². The molecular weight excluding hydrogens is 494 g/mol. The molecule has 0 heterocycles. The van der Waals surface area contributed by atoms with E-state index < -0.39 is 5.91 Å². The number of carbonyl (C=O) groups is 2. The molecule has 0 unspecified atom stereocenters. The Bertz CT molecular complexity index is 1190. The van der Waals surface area contributed by atoms with Crippen molar-refractivity contribution >= 4 is 56.8 Å². The zero-order valence-corrected chi connectivity index (χ0v) is 19.0. The van der Waals surface area contributed by atoms with Gasteiger partial charge in [0.25, 0.3) is 11.8 Å². The highest BCUT2D eigenvalue weighted by molar-refractivity contribution is 9.10. The highest BCUT2D eigenvalue weighted by Crippen LogP contribution is 2.18. The summed E-state index contributed by atoms with van der Waals surface area (Å²) in [5, 5.41) is 15.2. The number of carbonyl (C=O) groups excluding carboxylic acids is 2. The number of benzene rings is 3. The molecule has 8 heteroatoms. The molecule has 2 amide bonds. The Kier molecular flexibility index (Phi) is 8.03. The topological polar surface area (TPSA) is 91.2 Å². The van der Waals surface area contributed by atoms with Crippen LogP contribution in [0.25, 0.3) is 6.08 Å². The van der Waals surface area contributed by atoms with Gasteiger partial charge in [-0.3, -0.25) is 9.59 Å². The van der Waals surface area contributed by atoms with E-state index in [0.29, 0.717) is 27.7 Å². The summed E-state index contributed by atoms with van der Waals surface area (Å²) in [5.41, 5.74) is 1.77. The molecule has 6 nitrogen and oxygen atoms in total.